The molecule has 0 saturated heterocycles. The predicted octanol–water partition coefficient (Wildman–Crippen LogP) is 4.02. The van der Waals surface area contributed by atoms with Crippen LogP contribution in [0.3, 0.4) is 0 Å². The van der Waals surface area contributed by atoms with Crippen LogP contribution in [0.1, 0.15) is 29.6 Å². The molecule has 0 amide bonds. The van der Waals surface area contributed by atoms with Gasteiger partial charge in [-0.1, -0.05) is 12.1 Å². The number of halogens is 1. The smallest absolute Gasteiger partial charge is 0.175 e. The summed E-state index contributed by atoms with van der Waals surface area (Å²) in [5, 5.41) is 15.8. The number of nitrogens with one attached hydrogen (secondary N) is 2. The van der Waals surface area contributed by atoms with E-state index >= 15 is 0 Å². The first kappa shape index (κ1) is 19.0. The van der Waals surface area contributed by atoms with Crippen LogP contribution in [0.15, 0.2) is 30.5 Å². The van der Waals surface area contributed by atoms with E-state index in [2.05, 4.69) is 20.8 Å². The van der Waals surface area contributed by atoms with E-state index in [0.717, 1.165) is 40.6 Å². The van der Waals surface area contributed by atoms with Crippen LogP contribution < -0.4 is 10.6 Å². The van der Waals surface area contributed by atoms with E-state index in [9.17, 15) is 4.39 Å². The van der Waals surface area contributed by atoms with Gasteiger partial charge in [-0.05, 0) is 57.6 Å². The summed E-state index contributed by atoms with van der Waals surface area (Å²) in [6.07, 6.45) is 1.77. The van der Waals surface area contributed by atoms with Gasteiger partial charge in [-0.2, -0.15) is 10.2 Å². The van der Waals surface area contributed by atoms with Crippen molar-refractivity contribution >= 4 is 28.7 Å². The molecule has 2 aromatic heterocycles. The Hall–Kier alpha value is -2.74. The summed E-state index contributed by atoms with van der Waals surface area (Å²) in [4.78, 5) is 0. The van der Waals surface area contributed by atoms with Gasteiger partial charge < -0.3 is 10.6 Å². The van der Waals surface area contributed by atoms with Crippen molar-refractivity contribution in [1.29, 1.82) is 0 Å². The van der Waals surface area contributed by atoms with E-state index in [1.54, 1.807) is 18.3 Å². The number of hydrogen-bond donors (Lipinski definition) is 2. The topological polar surface area (TPSA) is 59.7 Å². The van der Waals surface area contributed by atoms with Crippen LogP contribution >= 0.6 is 12.2 Å². The molecule has 0 saturated carbocycles. The molecule has 0 spiro atoms. The van der Waals surface area contributed by atoms with Crippen molar-refractivity contribution in [3.63, 3.8) is 0 Å². The van der Waals surface area contributed by atoms with E-state index < -0.39 is 0 Å². The number of aromatic nitrogens is 4. The van der Waals surface area contributed by atoms with Crippen molar-refractivity contribution in [2.24, 2.45) is 0 Å². The maximum absolute atomic E-state index is 13.1. The molecule has 0 radical (unpaired) electrons. The number of thiocarbonyl (C=S) groups is 1. The molecule has 142 valence electrons. The van der Waals surface area contributed by atoms with Crippen LogP contribution in [0.25, 0.3) is 0 Å². The van der Waals surface area contributed by atoms with Crippen LogP contribution in [-0.2, 0) is 13.1 Å². The lowest BCUT2D eigenvalue weighted by atomic mass is 10.2. The lowest BCUT2D eigenvalue weighted by Crippen LogP contribution is -2.20. The third-order valence-electron chi connectivity index (χ3n) is 4.52. The minimum atomic E-state index is -0.243. The largest absolute Gasteiger partial charge is 0.330 e. The predicted molar refractivity (Wildman–Crippen MR) is 110 cm³/mol. The van der Waals surface area contributed by atoms with E-state index in [0.29, 0.717) is 11.7 Å². The molecule has 0 bridgehead atoms. The van der Waals surface area contributed by atoms with Gasteiger partial charge in [-0.3, -0.25) is 9.36 Å². The van der Waals surface area contributed by atoms with Gasteiger partial charge in [-0.15, -0.1) is 0 Å². The molecule has 8 heteroatoms. The average Bonchev–Trinajstić information content (AvgIpc) is 3.11. The molecule has 3 aromatic rings. The standard InChI is InChI=1S/C19H23FN6S/c1-5-25-13(3)17(10-21-25)22-19(27)23-18-12(2)24-26(14(18)4)11-15-6-8-16(20)9-7-15/h6-10H,5,11H2,1-4H3,(H2,22,23,27). The molecular formula is C19H23FN6S. The van der Waals surface area contributed by atoms with Crippen LogP contribution in [0.4, 0.5) is 15.8 Å². The Morgan fingerprint density at radius 3 is 2.41 bits per heavy atom. The van der Waals surface area contributed by atoms with Gasteiger partial charge in [0.1, 0.15) is 5.82 Å². The van der Waals surface area contributed by atoms with Crippen LogP contribution in [0.5, 0.6) is 0 Å². The molecule has 2 heterocycles. The normalized spacial score (nSPS) is 10.9. The fourth-order valence-electron chi connectivity index (χ4n) is 2.95. The molecule has 0 unspecified atom stereocenters. The first-order valence-corrected chi connectivity index (χ1v) is 9.18. The highest BCUT2D eigenvalue weighted by Gasteiger charge is 2.14. The van der Waals surface area contributed by atoms with Gasteiger partial charge in [0, 0.05) is 6.54 Å². The molecule has 2 N–H and O–H groups in total. The number of benzene rings is 1. The highest BCUT2D eigenvalue weighted by Crippen LogP contribution is 2.21. The Bertz CT molecular complexity index is 957. The van der Waals surface area contributed by atoms with Crippen molar-refractivity contribution < 1.29 is 4.39 Å². The molecule has 0 aliphatic rings. The number of anilines is 2. The SMILES string of the molecule is CCn1ncc(NC(=S)Nc2c(C)nn(Cc3ccc(F)cc3)c2C)c1C. The summed E-state index contributed by atoms with van der Waals surface area (Å²) in [7, 11) is 0. The minimum absolute atomic E-state index is 0.243. The zero-order valence-electron chi connectivity index (χ0n) is 15.9. The molecule has 6 nitrogen and oxygen atoms in total. The maximum atomic E-state index is 13.1. The van der Waals surface area contributed by atoms with Gasteiger partial charge in [-0.25, -0.2) is 4.39 Å². The summed E-state index contributed by atoms with van der Waals surface area (Å²) in [5.74, 6) is -0.243. The fourth-order valence-corrected chi connectivity index (χ4v) is 3.16. The lowest BCUT2D eigenvalue weighted by Gasteiger charge is -2.11. The zero-order valence-corrected chi connectivity index (χ0v) is 16.7. The Kier molecular flexibility index (Phi) is 5.55. The highest BCUT2D eigenvalue weighted by atomic mass is 32.1. The zero-order chi connectivity index (χ0) is 19.6. The van der Waals surface area contributed by atoms with Crippen LogP contribution in [0, 0.1) is 26.6 Å². The van der Waals surface area contributed by atoms with Gasteiger partial charge in [0.25, 0.3) is 0 Å². The van der Waals surface area contributed by atoms with E-state index in [4.69, 9.17) is 12.2 Å². The van der Waals surface area contributed by atoms with Crippen molar-refractivity contribution in [3.05, 3.63) is 58.9 Å². The summed E-state index contributed by atoms with van der Waals surface area (Å²) in [6, 6.07) is 6.44. The van der Waals surface area contributed by atoms with Crippen molar-refractivity contribution in [3.8, 4) is 0 Å². The van der Waals surface area contributed by atoms with Crippen LogP contribution in [0.2, 0.25) is 0 Å². The molecule has 1 aromatic carbocycles. The van der Waals surface area contributed by atoms with E-state index in [-0.39, 0.29) is 5.82 Å². The average molecular weight is 387 g/mol. The monoisotopic (exact) mass is 386 g/mol. The third kappa shape index (κ3) is 4.16. The Balaban J connectivity index is 1.73. The third-order valence-corrected chi connectivity index (χ3v) is 4.72. The highest BCUT2D eigenvalue weighted by molar-refractivity contribution is 7.80. The van der Waals surface area contributed by atoms with Crippen LogP contribution in [-0.4, -0.2) is 24.7 Å². The number of hydrogen-bond acceptors (Lipinski definition) is 3. The molecule has 0 aliphatic carbocycles. The van der Waals surface area contributed by atoms with Crippen molar-refractivity contribution in [2.45, 2.75) is 40.8 Å². The molecule has 0 aliphatic heterocycles. The Morgan fingerprint density at radius 2 is 1.78 bits per heavy atom. The summed E-state index contributed by atoms with van der Waals surface area (Å²) >= 11 is 5.46. The Morgan fingerprint density at radius 1 is 1.07 bits per heavy atom. The number of rotatable bonds is 5. The second kappa shape index (κ2) is 7.87. The van der Waals surface area contributed by atoms with Gasteiger partial charge in [0.15, 0.2) is 5.11 Å². The van der Waals surface area contributed by atoms with E-state index in [1.165, 1.54) is 12.1 Å². The van der Waals surface area contributed by atoms with Gasteiger partial charge in [0.2, 0.25) is 0 Å². The molecule has 27 heavy (non-hydrogen) atoms. The second-order valence-corrected chi connectivity index (χ2v) is 6.78. The number of nitrogens with zero attached hydrogens (tertiary/aromatic N) is 4. The summed E-state index contributed by atoms with van der Waals surface area (Å²) in [5.41, 5.74) is 5.57. The summed E-state index contributed by atoms with van der Waals surface area (Å²) in [6.45, 7) is 9.33. The molecule has 0 fully saturated rings. The first-order chi connectivity index (χ1) is 12.9. The van der Waals surface area contributed by atoms with E-state index in [1.807, 2.05) is 37.1 Å². The molecular weight excluding hydrogens is 363 g/mol. The van der Waals surface area contributed by atoms with Crippen molar-refractivity contribution in [1.82, 2.24) is 19.6 Å². The Labute approximate surface area is 163 Å². The quantitative estimate of drug-likeness (QED) is 0.649. The first-order valence-electron chi connectivity index (χ1n) is 8.78. The van der Waals surface area contributed by atoms with Gasteiger partial charge >= 0.3 is 0 Å². The molecule has 3 rings (SSSR count). The molecule has 0 atom stereocenters. The maximum Gasteiger partial charge on any atom is 0.175 e. The fraction of sp³-hybridized carbons (Fsp3) is 0.316. The summed E-state index contributed by atoms with van der Waals surface area (Å²) < 4.78 is 16.9. The van der Waals surface area contributed by atoms with Crippen molar-refractivity contribution in [2.75, 3.05) is 10.6 Å². The second-order valence-electron chi connectivity index (χ2n) is 6.37. The van der Waals surface area contributed by atoms with Gasteiger partial charge in [0.05, 0.1) is 41.2 Å². The minimum Gasteiger partial charge on any atom is -0.330 e. The lowest BCUT2D eigenvalue weighted by molar-refractivity contribution is 0.622. The number of aryl methyl sites for hydroxylation is 2.